The van der Waals surface area contributed by atoms with Crippen LogP contribution >= 0.6 is 0 Å². The third kappa shape index (κ3) is 6.44. The van der Waals surface area contributed by atoms with Gasteiger partial charge in [0.05, 0.1) is 0 Å². The van der Waals surface area contributed by atoms with Crippen LogP contribution in [0.1, 0.15) is 70.9 Å². The molecule has 1 saturated carbocycles. The fourth-order valence-electron chi connectivity index (χ4n) is 4.36. The molecule has 0 aliphatic heterocycles. The molecule has 0 spiro atoms. The van der Waals surface area contributed by atoms with E-state index in [-0.39, 0.29) is 5.41 Å². The highest BCUT2D eigenvalue weighted by Gasteiger charge is 2.38. The van der Waals surface area contributed by atoms with Crippen molar-refractivity contribution in [3.8, 4) is 11.5 Å². The van der Waals surface area contributed by atoms with Gasteiger partial charge in [-0.3, -0.25) is 0 Å². The topological polar surface area (TPSA) is 52.6 Å². The Hall–Kier alpha value is -3.14. The van der Waals surface area contributed by atoms with E-state index in [2.05, 4.69) is 32.2 Å². The van der Waals surface area contributed by atoms with Gasteiger partial charge in [0.25, 0.3) is 0 Å². The smallest absolute Gasteiger partial charge is 0.338 e. The van der Waals surface area contributed by atoms with Gasteiger partial charge in [0.15, 0.2) is 0 Å². The number of ether oxygens (including phenoxy) is 2. The van der Waals surface area contributed by atoms with E-state index in [0.29, 0.717) is 17.1 Å². The Balaban J connectivity index is 0.00000187. The lowest BCUT2D eigenvalue weighted by molar-refractivity contribution is -0.130. The zero-order valence-corrected chi connectivity index (χ0v) is 20.4. The van der Waals surface area contributed by atoms with Gasteiger partial charge in [0, 0.05) is 17.1 Å². The predicted octanol–water partition coefficient (Wildman–Crippen LogP) is 7.17. The number of esters is 2. The first-order valence-corrected chi connectivity index (χ1v) is 11.8. The molecule has 0 aromatic heterocycles. The van der Waals surface area contributed by atoms with Crippen LogP contribution in [0.2, 0.25) is 0 Å². The Morgan fingerprint density at radius 2 is 1.39 bits per heavy atom. The fourth-order valence-corrected chi connectivity index (χ4v) is 4.36. The molecule has 1 aliphatic rings. The molecule has 0 radical (unpaired) electrons. The summed E-state index contributed by atoms with van der Waals surface area (Å²) in [4.78, 5) is 23.3. The number of benzene rings is 2. The van der Waals surface area contributed by atoms with E-state index in [1.54, 1.807) is 6.92 Å². The number of carbonyl (C=O) groups is 2. The standard InChI is InChI=1S/C27H30O4.C2H6/c1-5-20-15-17-27(18-16-20,21-7-11-23(12-8-21)30-25(28)6-2)22-9-13-24(14-10-22)31-26(29)19(3)4;1-2/h6-14,20H,2-3,5,15-18H2,1,4H3;1-2H3. The van der Waals surface area contributed by atoms with Crippen LogP contribution in [0.15, 0.2) is 73.3 Å². The Morgan fingerprint density at radius 3 is 1.79 bits per heavy atom. The third-order valence-electron chi connectivity index (χ3n) is 6.29. The van der Waals surface area contributed by atoms with E-state index < -0.39 is 11.9 Å². The maximum absolute atomic E-state index is 11.8. The first-order chi connectivity index (χ1) is 15.9. The van der Waals surface area contributed by atoms with Crippen molar-refractivity contribution in [1.29, 1.82) is 0 Å². The molecule has 2 aromatic rings. The summed E-state index contributed by atoms with van der Waals surface area (Å²) in [6.07, 6.45) is 6.77. The lowest BCUT2D eigenvalue weighted by atomic mass is 9.63. The Kier molecular flexibility index (Phi) is 9.65. The Labute approximate surface area is 198 Å². The summed E-state index contributed by atoms with van der Waals surface area (Å²) < 4.78 is 10.6. The molecule has 0 N–H and O–H groups in total. The van der Waals surface area contributed by atoms with E-state index in [9.17, 15) is 9.59 Å². The van der Waals surface area contributed by atoms with Crippen molar-refractivity contribution in [2.45, 2.75) is 65.2 Å². The molecule has 0 heterocycles. The van der Waals surface area contributed by atoms with Gasteiger partial charge in [-0.15, -0.1) is 0 Å². The molecule has 0 bridgehead atoms. The van der Waals surface area contributed by atoms with Crippen molar-refractivity contribution >= 4 is 11.9 Å². The van der Waals surface area contributed by atoms with Crippen molar-refractivity contribution in [2.24, 2.45) is 5.92 Å². The average molecular weight is 449 g/mol. The third-order valence-corrected chi connectivity index (χ3v) is 6.29. The van der Waals surface area contributed by atoms with Crippen LogP contribution in [0, 0.1) is 5.92 Å². The van der Waals surface area contributed by atoms with E-state index in [1.165, 1.54) is 17.5 Å². The summed E-state index contributed by atoms with van der Waals surface area (Å²) >= 11 is 0. The predicted molar refractivity (Wildman–Crippen MR) is 134 cm³/mol. The highest BCUT2D eigenvalue weighted by Crippen LogP contribution is 2.47. The largest absolute Gasteiger partial charge is 0.423 e. The minimum absolute atomic E-state index is 0.121. The van der Waals surface area contributed by atoms with Crippen molar-refractivity contribution in [3.05, 3.63) is 84.5 Å². The second-order valence-corrected chi connectivity index (χ2v) is 8.28. The molecular weight excluding hydrogens is 412 g/mol. The van der Waals surface area contributed by atoms with Gasteiger partial charge in [0.2, 0.25) is 0 Å². The number of rotatable bonds is 7. The first kappa shape index (κ1) is 26.1. The molecule has 0 amide bonds. The average Bonchev–Trinajstić information content (AvgIpc) is 2.86. The summed E-state index contributed by atoms with van der Waals surface area (Å²) in [5.41, 5.74) is 2.65. The zero-order chi connectivity index (χ0) is 24.4. The van der Waals surface area contributed by atoms with E-state index in [0.717, 1.165) is 37.7 Å². The molecule has 33 heavy (non-hydrogen) atoms. The van der Waals surface area contributed by atoms with Gasteiger partial charge in [-0.1, -0.05) is 64.6 Å². The van der Waals surface area contributed by atoms with Gasteiger partial charge in [-0.05, 0) is 73.9 Å². The lowest BCUT2D eigenvalue weighted by Crippen LogP contribution is -2.33. The van der Waals surface area contributed by atoms with Crippen LogP contribution in [0.5, 0.6) is 11.5 Å². The Bertz CT molecular complexity index is 946. The van der Waals surface area contributed by atoms with Gasteiger partial charge in [-0.25, -0.2) is 9.59 Å². The lowest BCUT2D eigenvalue weighted by Gasteiger charge is -2.41. The molecule has 1 aliphatic carbocycles. The summed E-state index contributed by atoms with van der Waals surface area (Å²) in [5.74, 6) is 0.882. The van der Waals surface area contributed by atoms with Crippen LogP contribution in [-0.4, -0.2) is 11.9 Å². The molecule has 176 valence electrons. The van der Waals surface area contributed by atoms with Crippen molar-refractivity contribution in [1.82, 2.24) is 0 Å². The number of carbonyl (C=O) groups excluding carboxylic acids is 2. The van der Waals surface area contributed by atoms with Gasteiger partial charge < -0.3 is 9.47 Å². The maximum atomic E-state index is 11.8. The number of hydrogen-bond donors (Lipinski definition) is 0. The van der Waals surface area contributed by atoms with Gasteiger partial charge >= 0.3 is 11.9 Å². The molecule has 1 fully saturated rings. The quantitative estimate of drug-likeness (QED) is 0.256. The highest BCUT2D eigenvalue weighted by atomic mass is 16.5. The normalized spacial score (nSPS) is 19.5. The molecular formula is C29H36O4. The second kappa shape index (κ2) is 12.2. The maximum Gasteiger partial charge on any atom is 0.338 e. The first-order valence-electron chi connectivity index (χ1n) is 11.8. The molecule has 0 unspecified atom stereocenters. The molecule has 3 rings (SSSR count). The van der Waals surface area contributed by atoms with Crippen molar-refractivity contribution in [3.63, 3.8) is 0 Å². The number of hydrogen-bond acceptors (Lipinski definition) is 4. The fraction of sp³-hybridized carbons (Fsp3) is 0.379. The monoisotopic (exact) mass is 448 g/mol. The van der Waals surface area contributed by atoms with E-state index in [1.807, 2.05) is 50.2 Å². The summed E-state index contributed by atoms with van der Waals surface area (Å²) in [7, 11) is 0. The van der Waals surface area contributed by atoms with Gasteiger partial charge in [-0.2, -0.15) is 0 Å². The minimum Gasteiger partial charge on any atom is -0.423 e. The summed E-state index contributed by atoms with van der Waals surface area (Å²) in [6.45, 7) is 15.0. The van der Waals surface area contributed by atoms with Crippen LogP contribution in [0.25, 0.3) is 0 Å². The Morgan fingerprint density at radius 1 is 0.939 bits per heavy atom. The minimum atomic E-state index is -0.467. The van der Waals surface area contributed by atoms with E-state index >= 15 is 0 Å². The van der Waals surface area contributed by atoms with Gasteiger partial charge in [0.1, 0.15) is 11.5 Å². The highest BCUT2D eigenvalue weighted by molar-refractivity contribution is 5.88. The molecule has 4 heteroatoms. The van der Waals surface area contributed by atoms with Crippen molar-refractivity contribution < 1.29 is 19.1 Å². The molecule has 0 atom stereocenters. The molecule has 4 nitrogen and oxygen atoms in total. The van der Waals surface area contributed by atoms with Crippen LogP contribution in [0.4, 0.5) is 0 Å². The SMILES string of the molecule is C=CC(=O)Oc1ccc(C2(c3ccc(OC(=O)C(=C)C)cc3)CCC(CC)CC2)cc1.CC. The summed E-state index contributed by atoms with van der Waals surface area (Å²) in [6, 6.07) is 15.6. The van der Waals surface area contributed by atoms with Crippen molar-refractivity contribution in [2.75, 3.05) is 0 Å². The molecule has 2 aromatic carbocycles. The van der Waals surface area contributed by atoms with Crippen LogP contribution in [0.3, 0.4) is 0 Å². The van der Waals surface area contributed by atoms with Crippen LogP contribution in [-0.2, 0) is 15.0 Å². The van der Waals surface area contributed by atoms with Crippen LogP contribution < -0.4 is 9.47 Å². The zero-order valence-electron chi connectivity index (χ0n) is 20.4. The molecule has 0 saturated heterocycles. The summed E-state index contributed by atoms with van der Waals surface area (Å²) in [5, 5.41) is 0. The van der Waals surface area contributed by atoms with E-state index in [4.69, 9.17) is 9.47 Å². The second-order valence-electron chi connectivity index (χ2n) is 8.28.